The fourth-order valence-corrected chi connectivity index (χ4v) is 2.47. The number of rotatable bonds is 3. The van der Waals surface area contributed by atoms with Crippen molar-refractivity contribution in [1.82, 2.24) is 19.1 Å². The van der Waals surface area contributed by atoms with E-state index < -0.39 is 0 Å². The maximum absolute atomic E-state index is 11.8. The predicted octanol–water partition coefficient (Wildman–Crippen LogP) is 2.55. The first kappa shape index (κ1) is 14.7. The van der Waals surface area contributed by atoms with Gasteiger partial charge in [0, 0.05) is 42.3 Å². The molecule has 0 saturated carbocycles. The summed E-state index contributed by atoms with van der Waals surface area (Å²) < 4.78 is 3.56. The van der Waals surface area contributed by atoms with Crippen molar-refractivity contribution in [2.75, 3.05) is 0 Å². The number of imidazole rings is 1. The van der Waals surface area contributed by atoms with E-state index >= 15 is 0 Å². The number of nitrogens with zero attached hydrogens (tertiary/aromatic N) is 5. The van der Waals surface area contributed by atoms with Gasteiger partial charge in [-0.2, -0.15) is 0 Å². The van der Waals surface area contributed by atoms with Crippen LogP contribution < -0.4 is 5.56 Å². The molecule has 0 spiro atoms. The fourth-order valence-electron chi connectivity index (χ4n) is 2.47. The van der Waals surface area contributed by atoms with Crippen LogP contribution in [-0.4, -0.2) is 19.1 Å². The van der Waals surface area contributed by atoms with E-state index in [1.54, 1.807) is 43.2 Å². The van der Waals surface area contributed by atoms with Crippen LogP contribution in [-0.2, 0) is 13.6 Å². The van der Waals surface area contributed by atoms with Gasteiger partial charge >= 0.3 is 0 Å². The van der Waals surface area contributed by atoms with Gasteiger partial charge in [-0.05, 0) is 19.1 Å². The highest BCUT2D eigenvalue weighted by atomic mass is 16.1. The third-order valence-electron chi connectivity index (χ3n) is 3.61. The van der Waals surface area contributed by atoms with Crippen LogP contribution in [0.25, 0.3) is 16.2 Å². The van der Waals surface area contributed by atoms with E-state index in [0.717, 1.165) is 17.0 Å². The molecule has 3 aromatic rings. The molecule has 0 aliphatic heterocycles. The van der Waals surface area contributed by atoms with Gasteiger partial charge < -0.3 is 14.0 Å². The molecule has 3 rings (SSSR count). The molecule has 23 heavy (non-hydrogen) atoms. The first-order valence-electron chi connectivity index (χ1n) is 7.09. The Morgan fingerprint density at radius 2 is 2.13 bits per heavy atom. The second-order valence-electron chi connectivity index (χ2n) is 5.34. The molecule has 0 radical (unpaired) electrons. The van der Waals surface area contributed by atoms with Crippen LogP contribution in [0.1, 0.15) is 11.1 Å². The molecule has 0 saturated heterocycles. The highest BCUT2D eigenvalue weighted by molar-refractivity contribution is 5.55. The predicted molar refractivity (Wildman–Crippen MR) is 87.2 cm³/mol. The average molecular weight is 305 g/mol. The van der Waals surface area contributed by atoms with Crippen LogP contribution in [0, 0.1) is 13.5 Å². The molecule has 0 bridgehead atoms. The van der Waals surface area contributed by atoms with E-state index in [1.165, 1.54) is 0 Å². The third-order valence-corrected chi connectivity index (χ3v) is 3.61. The highest BCUT2D eigenvalue weighted by Gasteiger charge is 2.10. The van der Waals surface area contributed by atoms with Gasteiger partial charge in [-0.25, -0.2) is 4.98 Å². The molecular formula is C17H15N5O. The molecule has 6 nitrogen and oxygen atoms in total. The smallest absolute Gasteiger partial charge is 0.269 e. The zero-order valence-corrected chi connectivity index (χ0v) is 12.9. The molecule has 6 heteroatoms. The van der Waals surface area contributed by atoms with Crippen molar-refractivity contribution in [3.8, 4) is 11.4 Å². The van der Waals surface area contributed by atoms with E-state index in [2.05, 4.69) is 14.8 Å². The van der Waals surface area contributed by atoms with E-state index in [0.29, 0.717) is 17.9 Å². The van der Waals surface area contributed by atoms with Crippen LogP contribution in [0.2, 0.25) is 0 Å². The van der Waals surface area contributed by atoms with Crippen molar-refractivity contribution in [3.63, 3.8) is 0 Å². The van der Waals surface area contributed by atoms with Crippen LogP contribution in [0.3, 0.4) is 0 Å². The first-order valence-corrected chi connectivity index (χ1v) is 7.09. The Bertz CT molecular complexity index is 918. The Balaban J connectivity index is 1.96. The molecule has 0 amide bonds. The zero-order valence-electron chi connectivity index (χ0n) is 12.9. The number of hydrogen-bond acceptors (Lipinski definition) is 3. The SMILES string of the molecule is [C-]#[N+]c1ccc(Cn2ccnc2-c2cc(C)c(=O)n(C)c2)cn1. The van der Waals surface area contributed by atoms with Crippen LogP contribution >= 0.6 is 0 Å². The van der Waals surface area contributed by atoms with Gasteiger partial charge in [0.1, 0.15) is 12.0 Å². The summed E-state index contributed by atoms with van der Waals surface area (Å²) in [7, 11) is 1.74. The summed E-state index contributed by atoms with van der Waals surface area (Å²) in [5.74, 6) is 1.17. The van der Waals surface area contributed by atoms with Crippen LogP contribution in [0.5, 0.6) is 0 Å². The monoisotopic (exact) mass is 305 g/mol. The summed E-state index contributed by atoms with van der Waals surface area (Å²) in [6.07, 6.45) is 7.10. The normalized spacial score (nSPS) is 10.5. The summed E-state index contributed by atoms with van der Waals surface area (Å²) >= 11 is 0. The molecule has 0 aromatic carbocycles. The quantitative estimate of drug-likeness (QED) is 0.699. The lowest BCUT2D eigenvalue weighted by Gasteiger charge is -2.09. The van der Waals surface area contributed by atoms with Gasteiger partial charge in [-0.1, -0.05) is 12.6 Å². The molecule has 0 N–H and O–H groups in total. The second-order valence-corrected chi connectivity index (χ2v) is 5.34. The Morgan fingerprint density at radius 1 is 1.30 bits per heavy atom. The number of pyridine rings is 2. The van der Waals surface area contributed by atoms with Crippen molar-refractivity contribution in [1.29, 1.82) is 0 Å². The van der Waals surface area contributed by atoms with E-state index in [-0.39, 0.29) is 5.56 Å². The Hall–Kier alpha value is -3.20. The summed E-state index contributed by atoms with van der Waals surface area (Å²) in [6.45, 7) is 9.33. The first-order chi connectivity index (χ1) is 11.1. The Labute approximate surface area is 133 Å². The molecular weight excluding hydrogens is 290 g/mol. The maximum atomic E-state index is 11.8. The lowest BCUT2D eigenvalue weighted by atomic mass is 10.2. The minimum atomic E-state index is -0.00853. The average Bonchev–Trinajstić information content (AvgIpc) is 3.01. The number of aromatic nitrogens is 4. The van der Waals surface area contributed by atoms with Crippen molar-refractivity contribution >= 4 is 5.82 Å². The minimum Gasteiger partial charge on any atom is -0.361 e. The van der Waals surface area contributed by atoms with Gasteiger partial charge in [0.05, 0.1) is 6.54 Å². The van der Waals surface area contributed by atoms with Crippen molar-refractivity contribution in [2.45, 2.75) is 13.5 Å². The fraction of sp³-hybridized carbons (Fsp3) is 0.176. The van der Waals surface area contributed by atoms with Gasteiger partial charge in [-0.3, -0.25) is 4.79 Å². The molecule has 0 unspecified atom stereocenters. The summed E-state index contributed by atoms with van der Waals surface area (Å²) in [4.78, 5) is 23.6. The lowest BCUT2D eigenvalue weighted by molar-refractivity contribution is 0.795. The van der Waals surface area contributed by atoms with Gasteiger partial charge in [0.25, 0.3) is 11.4 Å². The summed E-state index contributed by atoms with van der Waals surface area (Å²) in [6, 6.07) is 5.44. The van der Waals surface area contributed by atoms with Gasteiger partial charge in [0.15, 0.2) is 0 Å². The van der Waals surface area contributed by atoms with E-state index in [9.17, 15) is 4.79 Å². The van der Waals surface area contributed by atoms with Crippen molar-refractivity contribution < 1.29 is 0 Å². The summed E-state index contributed by atoms with van der Waals surface area (Å²) in [5.41, 5.74) is 2.55. The highest BCUT2D eigenvalue weighted by Crippen LogP contribution is 2.19. The van der Waals surface area contributed by atoms with Crippen molar-refractivity contribution in [3.05, 3.63) is 75.9 Å². The third kappa shape index (κ3) is 2.90. The van der Waals surface area contributed by atoms with Crippen LogP contribution in [0.4, 0.5) is 5.82 Å². The van der Waals surface area contributed by atoms with E-state index in [4.69, 9.17) is 6.57 Å². The molecule has 3 heterocycles. The molecule has 0 atom stereocenters. The van der Waals surface area contributed by atoms with E-state index in [1.807, 2.05) is 22.9 Å². The molecule has 114 valence electrons. The molecule has 3 aromatic heterocycles. The largest absolute Gasteiger partial charge is 0.361 e. The van der Waals surface area contributed by atoms with Crippen LogP contribution in [0.15, 0.2) is 47.8 Å². The van der Waals surface area contributed by atoms with Crippen molar-refractivity contribution in [2.24, 2.45) is 7.05 Å². The second kappa shape index (κ2) is 5.89. The Kier molecular flexibility index (Phi) is 3.77. The molecule has 0 fully saturated rings. The van der Waals surface area contributed by atoms with Gasteiger partial charge in [-0.15, -0.1) is 4.98 Å². The summed E-state index contributed by atoms with van der Waals surface area (Å²) in [5, 5.41) is 0. The molecule has 0 aliphatic rings. The zero-order chi connectivity index (χ0) is 16.4. The lowest BCUT2D eigenvalue weighted by Crippen LogP contribution is -2.18. The molecule has 0 aliphatic carbocycles. The maximum Gasteiger partial charge on any atom is 0.269 e. The minimum absolute atomic E-state index is 0.00853. The standard InChI is InChI=1S/C17H15N5O/c1-12-8-14(11-21(3)17(12)23)16-19-6-7-22(16)10-13-4-5-15(18-2)20-9-13/h4-9,11H,10H2,1,3H3. The topological polar surface area (TPSA) is 57.1 Å². The number of aryl methyl sites for hydroxylation is 2. The number of hydrogen-bond donors (Lipinski definition) is 0. The van der Waals surface area contributed by atoms with Gasteiger partial charge in [0.2, 0.25) is 0 Å². The Morgan fingerprint density at radius 3 is 2.78 bits per heavy atom.